The van der Waals surface area contributed by atoms with Gasteiger partial charge < -0.3 is 14.7 Å². The second-order valence-corrected chi connectivity index (χ2v) is 9.63. The molecule has 0 spiro atoms. The minimum Gasteiger partial charge on any atom is -0.337 e. The van der Waals surface area contributed by atoms with E-state index in [4.69, 9.17) is 0 Å². The van der Waals surface area contributed by atoms with Crippen LogP contribution in [-0.2, 0) is 15.8 Å². The zero-order valence-corrected chi connectivity index (χ0v) is 20.3. The van der Waals surface area contributed by atoms with Gasteiger partial charge in [0.15, 0.2) is 0 Å². The largest absolute Gasteiger partial charge is 0.416 e. The summed E-state index contributed by atoms with van der Waals surface area (Å²) in [6.07, 6.45) is -2.78. The van der Waals surface area contributed by atoms with Crippen LogP contribution in [0.15, 0.2) is 24.3 Å². The van der Waals surface area contributed by atoms with E-state index in [9.17, 15) is 27.6 Å². The Morgan fingerprint density at radius 2 is 1.68 bits per heavy atom. The highest BCUT2D eigenvalue weighted by Crippen LogP contribution is 2.32. The maximum absolute atomic E-state index is 13.4. The normalized spacial score (nSPS) is 23.1. The van der Waals surface area contributed by atoms with E-state index in [1.165, 1.54) is 12.1 Å². The van der Waals surface area contributed by atoms with Crippen LogP contribution in [0.1, 0.15) is 69.3 Å². The van der Waals surface area contributed by atoms with Crippen LogP contribution in [-0.4, -0.2) is 64.3 Å². The van der Waals surface area contributed by atoms with Crippen molar-refractivity contribution >= 4 is 17.7 Å². The zero-order chi connectivity index (χ0) is 25.2. The maximum atomic E-state index is 13.4. The summed E-state index contributed by atoms with van der Waals surface area (Å²) in [6.45, 7) is 9.08. The fourth-order valence-electron chi connectivity index (χ4n) is 4.63. The molecule has 3 rings (SSSR count). The summed E-state index contributed by atoms with van der Waals surface area (Å²) in [5.41, 5.74) is -0.692. The van der Waals surface area contributed by atoms with E-state index in [0.717, 1.165) is 25.0 Å². The van der Waals surface area contributed by atoms with Crippen LogP contribution < -0.4 is 0 Å². The fraction of sp³-hybridized carbons (Fsp3) is 0.640. The predicted molar refractivity (Wildman–Crippen MR) is 122 cm³/mol. The molecule has 0 aliphatic carbocycles. The minimum atomic E-state index is -4.49. The van der Waals surface area contributed by atoms with E-state index in [-0.39, 0.29) is 48.7 Å². The Morgan fingerprint density at radius 3 is 2.24 bits per heavy atom. The van der Waals surface area contributed by atoms with Crippen LogP contribution in [0.2, 0.25) is 0 Å². The highest BCUT2D eigenvalue weighted by molar-refractivity contribution is 5.97. The highest BCUT2D eigenvalue weighted by Gasteiger charge is 2.49. The van der Waals surface area contributed by atoms with Gasteiger partial charge in [-0.2, -0.15) is 13.2 Å². The quantitative estimate of drug-likeness (QED) is 0.580. The Morgan fingerprint density at radius 1 is 1.06 bits per heavy atom. The molecule has 4 atom stereocenters. The van der Waals surface area contributed by atoms with Crippen LogP contribution in [0.25, 0.3) is 0 Å². The van der Waals surface area contributed by atoms with E-state index in [2.05, 4.69) is 6.92 Å². The van der Waals surface area contributed by atoms with Gasteiger partial charge in [0.2, 0.25) is 11.8 Å². The third-order valence-corrected chi connectivity index (χ3v) is 7.12. The van der Waals surface area contributed by atoms with Crippen molar-refractivity contribution in [3.63, 3.8) is 0 Å². The molecule has 1 aromatic rings. The van der Waals surface area contributed by atoms with Gasteiger partial charge in [-0.3, -0.25) is 14.4 Å². The molecule has 0 aromatic heterocycles. The first-order valence-corrected chi connectivity index (χ1v) is 12.1. The molecule has 0 radical (unpaired) electrons. The Kier molecular flexibility index (Phi) is 7.93. The molecule has 2 saturated heterocycles. The summed E-state index contributed by atoms with van der Waals surface area (Å²) < 4.78 is 38.9. The predicted octanol–water partition coefficient (Wildman–Crippen LogP) is 4.40. The van der Waals surface area contributed by atoms with Crippen molar-refractivity contribution in [1.29, 1.82) is 0 Å². The van der Waals surface area contributed by atoms with Crippen molar-refractivity contribution in [1.82, 2.24) is 14.7 Å². The second-order valence-electron chi connectivity index (χ2n) is 9.63. The number of hydrogen-bond acceptors (Lipinski definition) is 3. The van der Waals surface area contributed by atoms with Gasteiger partial charge in [0.25, 0.3) is 5.91 Å². The summed E-state index contributed by atoms with van der Waals surface area (Å²) in [5.74, 6) is -0.207. The van der Waals surface area contributed by atoms with Crippen molar-refractivity contribution in [3.8, 4) is 0 Å². The van der Waals surface area contributed by atoms with Crippen LogP contribution in [0.3, 0.4) is 0 Å². The Labute approximate surface area is 199 Å². The number of amides is 3. The van der Waals surface area contributed by atoms with Crippen LogP contribution in [0.4, 0.5) is 13.2 Å². The SMILES string of the molecule is CCC(C)CC1C(=O)N(CC(C)CC)CC2N(C(=O)c3ccc(C(F)(F)F)cc3)CCC(=O)N12. The first-order valence-electron chi connectivity index (χ1n) is 12.1. The monoisotopic (exact) mass is 481 g/mol. The third kappa shape index (κ3) is 5.39. The number of halogens is 3. The van der Waals surface area contributed by atoms with Gasteiger partial charge in [0, 0.05) is 25.1 Å². The second kappa shape index (κ2) is 10.4. The standard InChI is InChI=1S/C25H34F3N3O3/c1-5-16(3)13-20-24(34)29(14-17(4)6-2)15-21-30(12-11-22(32)31(20)21)23(33)18-7-9-19(10-8-18)25(26,27)28/h7-10,16-17,20-21H,5-6,11-15H2,1-4H3. The van der Waals surface area contributed by atoms with Crippen LogP contribution >= 0.6 is 0 Å². The molecule has 1 aromatic carbocycles. The number of benzene rings is 1. The third-order valence-electron chi connectivity index (χ3n) is 7.12. The lowest BCUT2D eigenvalue weighted by Gasteiger charge is -2.53. The Hall–Kier alpha value is -2.58. The minimum absolute atomic E-state index is 0.0819. The molecule has 2 fully saturated rings. The molecule has 0 N–H and O–H groups in total. The van der Waals surface area contributed by atoms with Crippen molar-refractivity contribution < 1.29 is 27.6 Å². The highest BCUT2D eigenvalue weighted by atomic mass is 19.4. The van der Waals surface area contributed by atoms with Crippen molar-refractivity contribution in [2.75, 3.05) is 19.6 Å². The molecule has 0 saturated carbocycles. The molecule has 0 bridgehead atoms. The van der Waals surface area contributed by atoms with Gasteiger partial charge >= 0.3 is 6.18 Å². The number of fused-ring (bicyclic) bond motifs is 1. The molecule has 9 heteroatoms. The fourth-order valence-corrected chi connectivity index (χ4v) is 4.63. The first-order chi connectivity index (χ1) is 16.0. The summed E-state index contributed by atoms with van der Waals surface area (Å²) in [7, 11) is 0. The number of nitrogens with zero attached hydrogens (tertiary/aromatic N) is 3. The molecule has 2 aliphatic heterocycles. The summed E-state index contributed by atoms with van der Waals surface area (Å²) >= 11 is 0. The first kappa shape index (κ1) is 26.0. The molecule has 2 aliphatic rings. The van der Waals surface area contributed by atoms with E-state index >= 15 is 0 Å². The van der Waals surface area contributed by atoms with Gasteiger partial charge in [-0.1, -0.05) is 40.5 Å². The molecule has 2 heterocycles. The van der Waals surface area contributed by atoms with Crippen LogP contribution in [0.5, 0.6) is 0 Å². The molecular formula is C25H34F3N3O3. The van der Waals surface area contributed by atoms with Crippen LogP contribution in [0, 0.1) is 11.8 Å². The number of piperazine rings is 1. The molecule has 6 nitrogen and oxygen atoms in total. The van der Waals surface area contributed by atoms with Crippen molar-refractivity contribution in [2.45, 2.75) is 71.8 Å². The summed E-state index contributed by atoms with van der Waals surface area (Å²) in [5, 5.41) is 0. The number of rotatable bonds is 7. The molecule has 3 amide bonds. The smallest absolute Gasteiger partial charge is 0.337 e. The van der Waals surface area contributed by atoms with Gasteiger partial charge in [-0.15, -0.1) is 0 Å². The lowest BCUT2D eigenvalue weighted by molar-refractivity contribution is -0.168. The lowest BCUT2D eigenvalue weighted by Crippen LogP contribution is -2.71. The number of hydrogen-bond donors (Lipinski definition) is 0. The average molecular weight is 482 g/mol. The zero-order valence-electron chi connectivity index (χ0n) is 20.3. The van der Waals surface area contributed by atoms with Gasteiger partial charge in [-0.25, -0.2) is 0 Å². The average Bonchev–Trinajstić information content (AvgIpc) is 2.80. The van der Waals surface area contributed by atoms with E-state index < -0.39 is 29.9 Å². The van der Waals surface area contributed by atoms with E-state index in [1.807, 2.05) is 20.8 Å². The van der Waals surface area contributed by atoms with Gasteiger partial charge in [-0.05, 0) is 42.5 Å². The number of alkyl halides is 3. The van der Waals surface area contributed by atoms with E-state index in [0.29, 0.717) is 13.0 Å². The molecule has 188 valence electrons. The maximum Gasteiger partial charge on any atom is 0.416 e. The summed E-state index contributed by atoms with van der Waals surface area (Å²) in [6, 6.07) is 3.49. The molecule has 34 heavy (non-hydrogen) atoms. The van der Waals surface area contributed by atoms with Crippen molar-refractivity contribution in [2.24, 2.45) is 11.8 Å². The molecule has 4 unspecified atom stereocenters. The summed E-state index contributed by atoms with van der Waals surface area (Å²) in [4.78, 5) is 44.7. The van der Waals surface area contributed by atoms with Gasteiger partial charge in [0.05, 0.1) is 12.1 Å². The lowest BCUT2D eigenvalue weighted by atomic mass is 9.92. The van der Waals surface area contributed by atoms with Crippen molar-refractivity contribution in [3.05, 3.63) is 35.4 Å². The Bertz CT molecular complexity index is 903. The number of carbonyl (C=O) groups excluding carboxylic acids is 3. The topological polar surface area (TPSA) is 60.9 Å². The number of carbonyl (C=O) groups is 3. The molecular weight excluding hydrogens is 447 g/mol. The Balaban J connectivity index is 1.93. The van der Waals surface area contributed by atoms with Gasteiger partial charge in [0.1, 0.15) is 12.2 Å². The van der Waals surface area contributed by atoms with E-state index in [1.54, 1.807) is 14.7 Å².